The average Bonchev–Trinajstić information content (AvgIpc) is 3.08. The van der Waals surface area contributed by atoms with Gasteiger partial charge in [-0.1, -0.05) is 6.07 Å². The van der Waals surface area contributed by atoms with Gasteiger partial charge in [0.25, 0.3) is 11.6 Å². The van der Waals surface area contributed by atoms with Crippen LogP contribution >= 0.6 is 0 Å². The molecule has 1 heterocycles. The number of hydrogen-bond donors (Lipinski definition) is 2. The first-order valence-corrected chi connectivity index (χ1v) is 8.54. The number of hydrogen-bond acceptors (Lipinski definition) is 5. The van der Waals surface area contributed by atoms with E-state index in [9.17, 15) is 33.2 Å². The molecule has 2 N–H and O–H groups in total. The number of phenolic OH excluding ortho intramolecular Hbond substituents is 1. The molecule has 2 aromatic carbocycles. The van der Waals surface area contributed by atoms with Crippen molar-refractivity contribution in [1.82, 2.24) is 15.1 Å². The number of rotatable bonds is 5. The van der Waals surface area contributed by atoms with Crippen LogP contribution in [0.4, 0.5) is 18.9 Å². The average molecular weight is 420 g/mol. The van der Waals surface area contributed by atoms with Gasteiger partial charge in [-0.05, 0) is 31.2 Å². The SMILES string of the molecule is Cc1c(C(=O)NCc2cc([N+](=O)[O-])ccc2O)cnn1-c1cccc(C(F)(F)F)c1. The highest BCUT2D eigenvalue weighted by Gasteiger charge is 2.30. The van der Waals surface area contributed by atoms with Crippen LogP contribution in [0.25, 0.3) is 5.69 Å². The number of phenols is 1. The van der Waals surface area contributed by atoms with Gasteiger partial charge in [0.1, 0.15) is 5.75 Å². The molecule has 0 saturated heterocycles. The van der Waals surface area contributed by atoms with Crippen molar-refractivity contribution in [2.24, 2.45) is 0 Å². The minimum absolute atomic E-state index is 0.109. The molecule has 1 aromatic heterocycles. The number of amides is 1. The normalized spacial score (nSPS) is 11.3. The molecule has 1 amide bonds. The van der Waals surface area contributed by atoms with Gasteiger partial charge in [-0.25, -0.2) is 4.68 Å². The van der Waals surface area contributed by atoms with Gasteiger partial charge in [-0.15, -0.1) is 0 Å². The maximum absolute atomic E-state index is 12.9. The minimum Gasteiger partial charge on any atom is -0.508 e. The molecule has 8 nitrogen and oxygen atoms in total. The van der Waals surface area contributed by atoms with Crippen LogP contribution in [0.3, 0.4) is 0 Å². The summed E-state index contributed by atoms with van der Waals surface area (Å²) in [7, 11) is 0. The van der Waals surface area contributed by atoms with E-state index in [1.165, 1.54) is 29.9 Å². The number of non-ortho nitro benzene ring substituents is 1. The largest absolute Gasteiger partial charge is 0.508 e. The summed E-state index contributed by atoms with van der Waals surface area (Å²) in [4.78, 5) is 22.7. The number of carbonyl (C=O) groups excluding carboxylic acids is 1. The molecule has 0 atom stereocenters. The molecule has 3 aromatic rings. The molecule has 30 heavy (non-hydrogen) atoms. The summed E-state index contributed by atoms with van der Waals surface area (Å²) >= 11 is 0. The van der Waals surface area contributed by atoms with E-state index in [1.54, 1.807) is 0 Å². The van der Waals surface area contributed by atoms with E-state index in [1.807, 2.05) is 0 Å². The van der Waals surface area contributed by atoms with Crippen molar-refractivity contribution in [2.75, 3.05) is 0 Å². The first-order valence-electron chi connectivity index (χ1n) is 8.54. The van der Waals surface area contributed by atoms with Gasteiger partial charge in [0.05, 0.1) is 33.6 Å². The van der Waals surface area contributed by atoms with Crippen LogP contribution in [0.5, 0.6) is 5.75 Å². The number of nitro groups is 1. The molecule has 0 saturated carbocycles. The quantitative estimate of drug-likeness (QED) is 0.483. The molecule has 0 bridgehead atoms. The fourth-order valence-corrected chi connectivity index (χ4v) is 2.80. The molecular formula is C19H15F3N4O4. The number of benzene rings is 2. The summed E-state index contributed by atoms with van der Waals surface area (Å²) in [5, 5.41) is 27.2. The monoisotopic (exact) mass is 420 g/mol. The van der Waals surface area contributed by atoms with E-state index in [2.05, 4.69) is 10.4 Å². The topological polar surface area (TPSA) is 110 Å². The van der Waals surface area contributed by atoms with Crippen molar-refractivity contribution in [3.63, 3.8) is 0 Å². The van der Waals surface area contributed by atoms with Gasteiger partial charge < -0.3 is 10.4 Å². The molecule has 11 heteroatoms. The number of carbonyl (C=O) groups is 1. The third-order valence-electron chi connectivity index (χ3n) is 4.39. The summed E-state index contributed by atoms with van der Waals surface area (Å²) < 4.78 is 40.0. The van der Waals surface area contributed by atoms with E-state index < -0.39 is 22.6 Å². The van der Waals surface area contributed by atoms with Gasteiger partial charge >= 0.3 is 6.18 Å². The fourth-order valence-electron chi connectivity index (χ4n) is 2.80. The zero-order valence-electron chi connectivity index (χ0n) is 15.5. The van der Waals surface area contributed by atoms with Crippen LogP contribution < -0.4 is 5.32 Å². The van der Waals surface area contributed by atoms with Gasteiger partial charge in [0.15, 0.2) is 0 Å². The molecule has 0 aliphatic heterocycles. The summed E-state index contributed by atoms with van der Waals surface area (Å²) in [5.74, 6) is -0.825. The van der Waals surface area contributed by atoms with Gasteiger partial charge in [-0.2, -0.15) is 18.3 Å². The molecule has 3 rings (SSSR count). The lowest BCUT2D eigenvalue weighted by Gasteiger charge is -2.10. The Bertz CT molecular complexity index is 1130. The Morgan fingerprint density at radius 3 is 2.67 bits per heavy atom. The number of nitro benzene ring substituents is 1. The second-order valence-corrected chi connectivity index (χ2v) is 6.36. The zero-order chi connectivity index (χ0) is 22.1. The summed E-state index contributed by atoms with van der Waals surface area (Å²) in [6.45, 7) is 1.33. The minimum atomic E-state index is -4.52. The number of aromatic nitrogens is 2. The predicted molar refractivity (Wildman–Crippen MR) is 99.2 cm³/mol. The zero-order valence-corrected chi connectivity index (χ0v) is 15.5. The summed E-state index contributed by atoms with van der Waals surface area (Å²) in [6.07, 6.45) is -3.31. The van der Waals surface area contributed by atoms with E-state index in [4.69, 9.17) is 0 Å². The molecule has 156 valence electrons. The van der Waals surface area contributed by atoms with Crippen molar-refractivity contribution >= 4 is 11.6 Å². The second kappa shape index (κ2) is 7.85. The van der Waals surface area contributed by atoms with Crippen LogP contribution in [-0.2, 0) is 12.7 Å². The Balaban J connectivity index is 1.80. The highest BCUT2D eigenvalue weighted by atomic mass is 19.4. The summed E-state index contributed by atoms with van der Waals surface area (Å²) in [6, 6.07) is 7.93. The van der Waals surface area contributed by atoms with Crippen molar-refractivity contribution in [1.29, 1.82) is 0 Å². The van der Waals surface area contributed by atoms with Crippen LogP contribution in [0.1, 0.15) is 27.2 Å². The Hall–Kier alpha value is -3.89. The standard InChI is InChI=1S/C19H15F3N4O4/c1-11-16(10-24-25(11)14-4-2-3-13(8-14)19(20,21)22)18(28)23-9-12-7-15(26(29)30)5-6-17(12)27/h2-8,10,27H,9H2,1H3,(H,23,28). The Morgan fingerprint density at radius 1 is 1.27 bits per heavy atom. The number of nitrogens with zero attached hydrogens (tertiary/aromatic N) is 3. The lowest BCUT2D eigenvalue weighted by Crippen LogP contribution is -2.23. The highest BCUT2D eigenvalue weighted by molar-refractivity contribution is 5.95. The number of nitrogens with one attached hydrogen (secondary N) is 1. The van der Waals surface area contributed by atoms with Crippen LogP contribution in [0, 0.1) is 17.0 Å². The fraction of sp³-hybridized carbons (Fsp3) is 0.158. The molecule has 0 aliphatic rings. The van der Waals surface area contributed by atoms with Crippen LogP contribution in [0.2, 0.25) is 0 Å². The Morgan fingerprint density at radius 2 is 2.00 bits per heavy atom. The lowest BCUT2D eigenvalue weighted by atomic mass is 10.1. The number of aromatic hydroxyl groups is 1. The van der Waals surface area contributed by atoms with Crippen molar-refractivity contribution in [3.05, 3.63) is 81.2 Å². The van der Waals surface area contributed by atoms with Gasteiger partial charge in [0, 0.05) is 24.2 Å². The second-order valence-electron chi connectivity index (χ2n) is 6.36. The third-order valence-corrected chi connectivity index (χ3v) is 4.39. The molecule has 0 unspecified atom stereocenters. The molecule has 0 radical (unpaired) electrons. The van der Waals surface area contributed by atoms with E-state index in [-0.39, 0.29) is 34.8 Å². The maximum Gasteiger partial charge on any atom is 0.416 e. The van der Waals surface area contributed by atoms with Crippen molar-refractivity contribution in [2.45, 2.75) is 19.6 Å². The van der Waals surface area contributed by atoms with Crippen molar-refractivity contribution in [3.8, 4) is 11.4 Å². The van der Waals surface area contributed by atoms with E-state index in [0.29, 0.717) is 5.69 Å². The van der Waals surface area contributed by atoms with Crippen molar-refractivity contribution < 1.29 is 28.0 Å². The van der Waals surface area contributed by atoms with Crippen LogP contribution in [-0.4, -0.2) is 25.7 Å². The van der Waals surface area contributed by atoms with E-state index in [0.717, 1.165) is 30.3 Å². The lowest BCUT2D eigenvalue weighted by molar-refractivity contribution is -0.384. The third kappa shape index (κ3) is 4.24. The molecule has 0 fully saturated rings. The predicted octanol–water partition coefficient (Wildman–Crippen LogP) is 3.74. The number of alkyl halides is 3. The van der Waals surface area contributed by atoms with Gasteiger partial charge in [-0.3, -0.25) is 14.9 Å². The summed E-state index contributed by atoms with van der Waals surface area (Å²) in [5.41, 5.74) is -0.404. The molecule has 0 aliphatic carbocycles. The highest BCUT2D eigenvalue weighted by Crippen LogP contribution is 2.30. The smallest absolute Gasteiger partial charge is 0.416 e. The maximum atomic E-state index is 12.9. The molecule has 0 spiro atoms. The first kappa shape index (κ1) is 20.8. The molecular weight excluding hydrogens is 405 g/mol. The number of halogens is 3. The Labute approximate surface area is 167 Å². The first-order chi connectivity index (χ1) is 14.1. The van der Waals surface area contributed by atoms with E-state index >= 15 is 0 Å². The Kier molecular flexibility index (Phi) is 5.45. The van der Waals surface area contributed by atoms with Gasteiger partial charge in [0.2, 0.25) is 0 Å². The van der Waals surface area contributed by atoms with Crippen LogP contribution in [0.15, 0.2) is 48.7 Å².